The molecule has 0 heterocycles. The van der Waals surface area contributed by atoms with Crippen LogP contribution in [0, 0.1) is 16.7 Å². The SMILES string of the molecule is CC1(C)C2CCC1(CS(=O)(=O)NCCc1ccccc1)C(=O)C2. The first kappa shape index (κ1) is 16.7. The molecule has 2 saturated carbocycles. The Labute approximate surface area is 138 Å². The molecule has 2 aliphatic carbocycles. The van der Waals surface area contributed by atoms with Crippen molar-refractivity contribution in [1.29, 1.82) is 0 Å². The summed E-state index contributed by atoms with van der Waals surface area (Å²) in [4.78, 5) is 12.5. The molecular formula is C18H25NO3S. The number of carbonyl (C=O) groups excluding carboxylic acids is 1. The number of fused-ring (bicyclic) bond motifs is 2. The van der Waals surface area contributed by atoms with E-state index in [1.165, 1.54) is 0 Å². The quantitative estimate of drug-likeness (QED) is 0.869. The molecule has 1 N–H and O–H groups in total. The van der Waals surface area contributed by atoms with Crippen LogP contribution in [0.15, 0.2) is 30.3 Å². The average molecular weight is 335 g/mol. The van der Waals surface area contributed by atoms with E-state index in [1.807, 2.05) is 30.3 Å². The molecule has 126 valence electrons. The fraction of sp³-hybridized carbons (Fsp3) is 0.611. The Bertz CT molecular complexity index is 696. The van der Waals surface area contributed by atoms with Gasteiger partial charge < -0.3 is 0 Å². The van der Waals surface area contributed by atoms with Crippen molar-refractivity contribution in [2.45, 2.75) is 39.5 Å². The molecule has 5 heteroatoms. The number of hydrogen-bond donors (Lipinski definition) is 1. The molecule has 4 nitrogen and oxygen atoms in total. The Morgan fingerprint density at radius 2 is 1.91 bits per heavy atom. The second-order valence-electron chi connectivity index (χ2n) is 7.56. The van der Waals surface area contributed by atoms with Gasteiger partial charge in [0.05, 0.1) is 5.75 Å². The summed E-state index contributed by atoms with van der Waals surface area (Å²) in [5.41, 5.74) is 0.209. The van der Waals surface area contributed by atoms with Crippen molar-refractivity contribution in [3.8, 4) is 0 Å². The van der Waals surface area contributed by atoms with Crippen LogP contribution < -0.4 is 4.72 Å². The van der Waals surface area contributed by atoms with E-state index in [9.17, 15) is 13.2 Å². The number of Topliss-reactive ketones (excluding diaryl/α,β-unsaturated/α-hetero) is 1. The van der Waals surface area contributed by atoms with Crippen molar-refractivity contribution in [2.24, 2.45) is 16.7 Å². The summed E-state index contributed by atoms with van der Waals surface area (Å²) in [6.45, 7) is 4.50. The number of rotatable bonds is 6. The van der Waals surface area contributed by atoms with Gasteiger partial charge in [0.25, 0.3) is 0 Å². The summed E-state index contributed by atoms with van der Waals surface area (Å²) in [6.07, 6.45) is 2.89. The van der Waals surface area contributed by atoms with E-state index in [1.54, 1.807) is 0 Å². The van der Waals surface area contributed by atoms with Crippen molar-refractivity contribution < 1.29 is 13.2 Å². The number of benzene rings is 1. The standard InChI is InChI=1S/C18H25NO3S/c1-17(2)15-8-10-18(17,16(20)12-15)13-23(21,22)19-11-9-14-6-4-3-5-7-14/h3-7,15,19H,8-13H2,1-2H3. The maximum absolute atomic E-state index is 12.5. The normalized spacial score (nSPS) is 29.1. The fourth-order valence-electron chi connectivity index (χ4n) is 4.48. The van der Waals surface area contributed by atoms with Gasteiger partial charge in [0.2, 0.25) is 10.0 Å². The second-order valence-corrected chi connectivity index (χ2v) is 9.36. The summed E-state index contributed by atoms with van der Waals surface area (Å²) in [5, 5.41) is 0. The van der Waals surface area contributed by atoms with E-state index in [4.69, 9.17) is 0 Å². The number of carbonyl (C=O) groups is 1. The molecule has 0 aromatic heterocycles. The molecule has 2 atom stereocenters. The number of sulfonamides is 1. The highest BCUT2D eigenvalue weighted by atomic mass is 32.2. The molecule has 3 rings (SSSR count). The van der Waals surface area contributed by atoms with Crippen molar-refractivity contribution >= 4 is 15.8 Å². The zero-order chi connectivity index (χ0) is 16.7. The molecule has 2 aliphatic rings. The van der Waals surface area contributed by atoms with Gasteiger partial charge in [0.1, 0.15) is 5.78 Å². The Hall–Kier alpha value is -1.20. The van der Waals surface area contributed by atoms with E-state index in [-0.39, 0.29) is 17.0 Å². The van der Waals surface area contributed by atoms with Crippen LogP contribution in [0.25, 0.3) is 0 Å². The highest BCUT2D eigenvalue weighted by molar-refractivity contribution is 7.89. The molecule has 23 heavy (non-hydrogen) atoms. The van der Waals surface area contributed by atoms with Crippen molar-refractivity contribution in [3.63, 3.8) is 0 Å². The Morgan fingerprint density at radius 1 is 1.22 bits per heavy atom. The molecule has 2 unspecified atom stereocenters. The van der Waals surface area contributed by atoms with Gasteiger partial charge in [-0.15, -0.1) is 0 Å². The topological polar surface area (TPSA) is 63.2 Å². The minimum Gasteiger partial charge on any atom is -0.299 e. The van der Waals surface area contributed by atoms with E-state index in [0.717, 1.165) is 12.0 Å². The average Bonchev–Trinajstić information content (AvgIpc) is 2.82. The summed E-state index contributed by atoms with van der Waals surface area (Å²) in [6, 6.07) is 9.80. The van der Waals surface area contributed by atoms with E-state index in [0.29, 0.717) is 31.7 Å². The maximum atomic E-state index is 12.5. The van der Waals surface area contributed by atoms with Gasteiger partial charge in [-0.3, -0.25) is 4.79 Å². The van der Waals surface area contributed by atoms with E-state index < -0.39 is 15.4 Å². The molecule has 1 aromatic carbocycles. The lowest BCUT2D eigenvalue weighted by Gasteiger charge is -2.36. The second kappa shape index (κ2) is 5.71. The van der Waals surface area contributed by atoms with Crippen LogP contribution >= 0.6 is 0 Å². The van der Waals surface area contributed by atoms with Gasteiger partial charge in [-0.05, 0) is 36.2 Å². The van der Waals surface area contributed by atoms with Gasteiger partial charge in [-0.1, -0.05) is 44.2 Å². The van der Waals surface area contributed by atoms with Crippen LogP contribution in [0.4, 0.5) is 0 Å². The van der Waals surface area contributed by atoms with Gasteiger partial charge >= 0.3 is 0 Å². The summed E-state index contributed by atoms with van der Waals surface area (Å²) >= 11 is 0. The summed E-state index contributed by atoms with van der Waals surface area (Å²) in [5.74, 6) is 0.429. The first-order chi connectivity index (χ1) is 10.8. The predicted octanol–water partition coefficient (Wildman–Crippen LogP) is 2.54. The highest BCUT2D eigenvalue weighted by Crippen LogP contribution is 2.64. The van der Waals surface area contributed by atoms with Crippen molar-refractivity contribution in [2.75, 3.05) is 12.3 Å². The lowest BCUT2D eigenvalue weighted by atomic mass is 9.70. The highest BCUT2D eigenvalue weighted by Gasteiger charge is 2.65. The molecule has 1 aromatic rings. The van der Waals surface area contributed by atoms with Crippen LogP contribution in [-0.4, -0.2) is 26.5 Å². The van der Waals surface area contributed by atoms with Crippen LogP contribution in [0.1, 0.15) is 38.7 Å². The van der Waals surface area contributed by atoms with Gasteiger partial charge in [0, 0.05) is 18.4 Å². The molecule has 0 saturated heterocycles. The van der Waals surface area contributed by atoms with Crippen molar-refractivity contribution in [1.82, 2.24) is 4.72 Å². The van der Waals surface area contributed by atoms with Gasteiger partial charge in [-0.2, -0.15) is 0 Å². The van der Waals surface area contributed by atoms with Crippen LogP contribution in [0.3, 0.4) is 0 Å². The molecule has 0 amide bonds. The third-order valence-corrected chi connectivity index (χ3v) is 7.67. The minimum absolute atomic E-state index is 0.0584. The van der Waals surface area contributed by atoms with Gasteiger partial charge in [0.15, 0.2) is 0 Å². The zero-order valence-corrected chi connectivity index (χ0v) is 14.7. The smallest absolute Gasteiger partial charge is 0.212 e. The lowest BCUT2D eigenvalue weighted by molar-refractivity contribution is -0.128. The molecule has 0 aliphatic heterocycles. The first-order valence-electron chi connectivity index (χ1n) is 8.31. The number of ketones is 1. The van der Waals surface area contributed by atoms with Gasteiger partial charge in [-0.25, -0.2) is 13.1 Å². The van der Waals surface area contributed by atoms with E-state index in [2.05, 4.69) is 18.6 Å². The number of hydrogen-bond acceptors (Lipinski definition) is 3. The molecule has 2 bridgehead atoms. The molecule has 0 spiro atoms. The summed E-state index contributed by atoms with van der Waals surface area (Å²) < 4.78 is 27.7. The van der Waals surface area contributed by atoms with Crippen LogP contribution in [0.2, 0.25) is 0 Å². The van der Waals surface area contributed by atoms with E-state index >= 15 is 0 Å². The van der Waals surface area contributed by atoms with Crippen LogP contribution in [0.5, 0.6) is 0 Å². The zero-order valence-electron chi connectivity index (χ0n) is 13.8. The molecule has 0 radical (unpaired) electrons. The third kappa shape index (κ3) is 2.85. The lowest BCUT2D eigenvalue weighted by Crippen LogP contribution is -2.45. The fourth-order valence-corrected chi connectivity index (χ4v) is 6.32. The monoisotopic (exact) mass is 335 g/mol. The largest absolute Gasteiger partial charge is 0.299 e. The Kier molecular flexibility index (Phi) is 4.13. The Morgan fingerprint density at radius 3 is 2.48 bits per heavy atom. The first-order valence-corrected chi connectivity index (χ1v) is 9.97. The molecular weight excluding hydrogens is 310 g/mol. The Balaban J connectivity index is 1.66. The minimum atomic E-state index is -3.45. The van der Waals surface area contributed by atoms with Crippen LogP contribution in [-0.2, 0) is 21.2 Å². The molecule has 2 fully saturated rings. The van der Waals surface area contributed by atoms with Crippen molar-refractivity contribution in [3.05, 3.63) is 35.9 Å². The predicted molar refractivity (Wildman–Crippen MR) is 90.5 cm³/mol. The number of nitrogens with one attached hydrogen (secondary N) is 1. The summed E-state index contributed by atoms with van der Waals surface area (Å²) in [7, 11) is -3.45. The maximum Gasteiger partial charge on any atom is 0.212 e. The third-order valence-electron chi connectivity index (χ3n) is 6.15.